The minimum Gasteiger partial charge on any atom is -0.378 e. The summed E-state index contributed by atoms with van der Waals surface area (Å²) in [7, 11) is 0. The highest BCUT2D eigenvalue weighted by molar-refractivity contribution is 14.1. The Bertz CT molecular complexity index is 782. The first-order valence-corrected chi connectivity index (χ1v) is 15.5. The van der Waals surface area contributed by atoms with Gasteiger partial charge in [0.25, 0.3) is 11.8 Å². The van der Waals surface area contributed by atoms with Gasteiger partial charge in [-0.3, -0.25) is 14.5 Å². The van der Waals surface area contributed by atoms with Crippen molar-refractivity contribution in [3.8, 4) is 0 Å². The van der Waals surface area contributed by atoms with Crippen LogP contribution in [0.1, 0.15) is 20.7 Å². The van der Waals surface area contributed by atoms with Crippen LogP contribution >= 0.6 is 22.6 Å². The van der Waals surface area contributed by atoms with Crippen molar-refractivity contribution in [3.05, 3.63) is 35.4 Å². The van der Waals surface area contributed by atoms with Crippen molar-refractivity contribution in [3.63, 3.8) is 0 Å². The van der Waals surface area contributed by atoms with E-state index >= 15 is 0 Å². The highest BCUT2D eigenvalue weighted by Crippen LogP contribution is 2.21. The predicted molar refractivity (Wildman–Crippen MR) is 158 cm³/mol. The number of benzene rings is 1. The number of halogens is 1. The van der Waals surface area contributed by atoms with Crippen LogP contribution in [0, 0.1) is 0 Å². The minimum absolute atomic E-state index is 0.219. The van der Waals surface area contributed by atoms with Gasteiger partial charge >= 0.3 is 0 Å². The fourth-order valence-corrected chi connectivity index (χ4v) is 3.83. The number of carbonyl (C=O) groups excluding carboxylic acids is 2. The molecular weight excluding hydrogens is 653 g/mol. The molecule has 2 rings (SSSR count). The van der Waals surface area contributed by atoms with E-state index in [9.17, 15) is 9.59 Å². The topological polar surface area (TPSA) is 120 Å². The van der Waals surface area contributed by atoms with E-state index in [1.165, 1.54) is 4.90 Å². The fraction of sp³-hybridized carbons (Fsp3) is 0.714. The highest BCUT2D eigenvalue weighted by Gasteiger charge is 2.34. The van der Waals surface area contributed by atoms with E-state index in [1.54, 1.807) is 24.3 Å². The summed E-state index contributed by atoms with van der Waals surface area (Å²) in [5.41, 5.74) is 0.890. The molecule has 1 heterocycles. The van der Waals surface area contributed by atoms with Gasteiger partial charge in [-0.05, 0) is 12.1 Å². The number of alkyl halides is 1. The largest absolute Gasteiger partial charge is 0.378 e. The lowest BCUT2D eigenvalue weighted by Gasteiger charge is -2.13. The highest BCUT2D eigenvalue weighted by atomic mass is 127. The lowest BCUT2D eigenvalue weighted by molar-refractivity contribution is -0.0249. The van der Waals surface area contributed by atoms with Gasteiger partial charge in [-0.1, -0.05) is 34.7 Å². The number of fused-ring (bicyclic) bond motifs is 1. The maximum absolute atomic E-state index is 12.3. The molecule has 234 valence electrons. The Labute approximate surface area is 256 Å². The van der Waals surface area contributed by atoms with E-state index in [4.69, 9.17) is 42.6 Å². The summed E-state index contributed by atoms with van der Waals surface area (Å²) in [6.45, 7) is 9.21. The Morgan fingerprint density at radius 1 is 0.439 bits per heavy atom. The van der Waals surface area contributed by atoms with Gasteiger partial charge in [-0.25, -0.2) is 0 Å². The molecule has 41 heavy (non-hydrogen) atoms. The van der Waals surface area contributed by atoms with Crippen LogP contribution in [0.3, 0.4) is 0 Å². The van der Waals surface area contributed by atoms with Gasteiger partial charge in [-0.15, -0.1) is 0 Å². The summed E-state index contributed by atoms with van der Waals surface area (Å²) < 4.78 is 49.9. The van der Waals surface area contributed by atoms with Crippen molar-refractivity contribution in [2.24, 2.45) is 0 Å². The molecule has 0 saturated heterocycles. The van der Waals surface area contributed by atoms with Crippen LogP contribution in [-0.2, 0) is 42.6 Å². The number of ether oxygens (including phenoxy) is 9. The molecule has 0 radical (unpaired) electrons. The van der Waals surface area contributed by atoms with E-state index in [2.05, 4.69) is 22.6 Å². The summed E-state index contributed by atoms with van der Waals surface area (Å²) in [5, 5.41) is 0. The Balaban J connectivity index is 1.21. The molecule has 0 spiro atoms. The third kappa shape index (κ3) is 16.8. The zero-order valence-electron chi connectivity index (χ0n) is 23.8. The Kier molecular flexibility index (Phi) is 22.1. The number of imide groups is 1. The molecule has 0 aromatic heterocycles. The lowest BCUT2D eigenvalue weighted by Crippen LogP contribution is -2.33. The van der Waals surface area contributed by atoms with Gasteiger partial charge in [0.1, 0.15) is 0 Å². The minimum atomic E-state index is -0.274. The maximum Gasteiger partial charge on any atom is 0.261 e. The van der Waals surface area contributed by atoms with Crippen LogP contribution in [0.4, 0.5) is 0 Å². The molecule has 0 saturated carbocycles. The molecule has 0 N–H and O–H groups in total. The van der Waals surface area contributed by atoms with E-state index < -0.39 is 0 Å². The quantitative estimate of drug-likeness (QED) is 0.0529. The van der Waals surface area contributed by atoms with Crippen molar-refractivity contribution < 1.29 is 52.2 Å². The number of carbonyl (C=O) groups is 2. The molecular formula is C28H44INO11. The van der Waals surface area contributed by atoms with Gasteiger partial charge in [0.15, 0.2) is 0 Å². The number of amides is 2. The number of nitrogens with zero attached hydrogens (tertiary/aromatic N) is 1. The zero-order chi connectivity index (χ0) is 29.2. The van der Waals surface area contributed by atoms with Crippen LogP contribution in [-0.4, -0.2) is 147 Å². The molecule has 1 aromatic carbocycles. The van der Waals surface area contributed by atoms with Gasteiger partial charge in [0.2, 0.25) is 0 Å². The fourth-order valence-electron chi connectivity index (χ4n) is 3.51. The zero-order valence-corrected chi connectivity index (χ0v) is 25.9. The molecule has 13 heteroatoms. The van der Waals surface area contributed by atoms with E-state index in [0.29, 0.717) is 117 Å². The molecule has 0 aliphatic carbocycles. The van der Waals surface area contributed by atoms with E-state index in [-0.39, 0.29) is 25.0 Å². The van der Waals surface area contributed by atoms with Gasteiger partial charge in [0, 0.05) is 4.43 Å². The van der Waals surface area contributed by atoms with Gasteiger partial charge in [0.05, 0.1) is 137 Å². The predicted octanol–water partition coefficient (Wildman–Crippen LogP) is 1.87. The third-order valence-corrected chi connectivity index (χ3v) is 5.98. The second kappa shape index (κ2) is 25.2. The monoisotopic (exact) mass is 697 g/mol. The second-order valence-corrected chi connectivity index (χ2v) is 9.59. The van der Waals surface area contributed by atoms with Crippen molar-refractivity contribution in [2.45, 2.75) is 0 Å². The molecule has 0 unspecified atom stereocenters. The molecule has 0 fully saturated rings. The molecule has 1 aliphatic rings. The number of hydrogen-bond acceptors (Lipinski definition) is 11. The van der Waals surface area contributed by atoms with Crippen molar-refractivity contribution in [2.75, 3.05) is 130 Å². The van der Waals surface area contributed by atoms with Crippen molar-refractivity contribution in [1.29, 1.82) is 0 Å². The Morgan fingerprint density at radius 3 is 1.00 bits per heavy atom. The average Bonchev–Trinajstić information content (AvgIpc) is 3.23. The molecule has 1 aromatic rings. The normalized spacial score (nSPS) is 13.0. The van der Waals surface area contributed by atoms with Crippen molar-refractivity contribution in [1.82, 2.24) is 4.90 Å². The van der Waals surface area contributed by atoms with Gasteiger partial charge < -0.3 is 42.6 Å². The second-order valence-electron chi connectivity index (χ2n) is 8.51. The molecule has 12 nitrogen and oxygen atoms in total. The molecule has 2 amide bonds. The summed E-state index contributed by atoms with van der Waals surface area (Å²) >= 11 is 2.27. The number of hydrogen-bond donors (Lipinski definition) is 0. The Hall–Kier alpha value is -1.27. The summed E-state index contributed by atoms with van der Waals surface area (Å²) in [4.78, 5) is 25.8. The van der Waals surface area contributed by atoms with Gasteiger partial charge in [-0.2, -0.15) is 0 Å². The Morgan fingerprint density at radius 2 is 0.707 bits per heavy atom. The maximum atomic E-state index is 12.3. The van der Waals surface area contributed by atoms with Crippen LogP contribution in [0.5, 0.6) is 0 Å². The summed E-state index contributed by atoms with van der Waals surface area (Å²) in [6, 6.07) is 6.82. The standard InChI is InChI=1S/C28H44INO11/c29-5-7-33-9-11-35-13-15-37-17-19-39-21-23-41-24-22-40-20-18-38-16-14-36-12-10-34-8-6-30-27(31)25-3-1-2-4-26(25)28(30)32/h1-4H,5-24H2. The molecule has 0 atom stereocenters. The van der Waals surface area contributed by atoms with E-state index in [1.807, 2.05) is 0 Å². The SMILES string of the molecule is O=C1c2ccccc2C(=O)N1CCOCCOCCOCCOCCOCCOCCOCCOCCOCCI. The summed E-state index contributed by atoms with van der Waals surface area (Å²) in [6.07, 6.45) is 0. The first-order chi connectivity index (χ1) is 20.3. The van der Waals surface area contributed by atoms with Crippen molar-refractivity contribution >= 4 is 34.4 Å². The average molecular weight is 698 g/mol. The molecule has 0 bridgehead atoms. The molecule has 1 aliphatic heterocycles. The van der Waals surface area contributed by atoms with E-state index in [0.717, 1.165) is 11.0 Å². The third-order valence-electron chi connectivity index (χ3n) is 5.53. The summed E-state index contributed by atoms with van der Waals surface area (Å²) in [5.74, 6) is -0.549. The van der Waals surface area contributed by atoms with Crippen LogP contribution in [0.15, 0.2) is 24.3 Å². The van der Waals surface area contributed by atoms with Crippen LogP contribution in [0.25, 0.3) is 0 Å². The van der Waals surface area contributed by atoms with Crippen LogP contribution in [0.2, 0.25) is 0 Å². The first-order valence-electron chi connectivity index (χ1n) is 14.0. The lowest BCUT2D eigenvalue weighted by atomic mass is 10.1. The number of rotatable bonds is 29. The smallest absolute Gasteiger partial charge is 0.261 e. The van der Waals surface area contributed by atoms with Crippen LogP contribution < -0.4 is 0 Å². The first kappa shape index (κ1) is 35.9.